The zero-order valence-electron chi connectivity index (χ0n) is 26.2. The van der Waals surface area contributed by atoms with Gasteiger partial charge in [-0.05, 0) is 85.8 Å². The minimum absolute atomic E-state index is 0.0979. The fourth-order valence-corrected chi connectivity index (χ4v) is 5.60. The number of anilines is 2. The molecule has 12 heteroatoms. The number of hydrogen-bond acceptors (Lipinski definition) is 9. The van der Waals surface area contributed by atoms with E-state index in [0.717, 1.165) is 16.2 Å². The molecule has 0 bridgehead atoms. The molecular formula is C34H36ClN3O8. The fourth-order valence-electron chi connectivity index (χ4n) is 5.42. The second kappa shape index (κ2) is 14.9. The van der Waals surface area contributed by atoms with Gasteiger partial charge in [-0.3, -0.25) is 14.5 Å². The van der Waals surface area contributed by atoms with Crippen LogP contribution in [0.25, 0.3) is 0 Å². The van der Waals surface area contributed by atoms with Gasteiger partial charge in [-0.2, -0.15) is 0 Å². The monoisotopic (exact) mass is 649 g/mol. The second-order valence-electron chi connectivity index (χ2n) is 11.0. The largest absolute Gasteiger partial charge is 0.426 e. The fraction of sp³-hybridized carbons (Fsp3) is 0.324. The number of nitrogens with zero attached hydrogens (tertiary/aromatic N) is 1. The summed E-state index contributed by atoms with van der Waals surface area (Å²) in [4.78, 5) is 65.6. The topological polar surface area (TPSA) is 140 Å². The van der Waals surface area contributed by atoms with Gasteiger partial charge in [0.05, 0.1) is 5.56 Å². The summed E-state index contributed by atoms with van der Waals surface area (Å²) >= 11 is 6.33. The molecule has 0 radical (unpaired) electrons. The van der Waals surface area contributed by atoms with Crippen molar-refractivity contribution in [3.05, 3.63) is 93.5 Å². The molecule has 3 atom stereocenters. The van der Waals surface area contributed by atoms with Crippen molar-refractivity contribution in [1.82, 2.24) is 4.90 Å². The number of rotatable bonds is 8. The van der Waals surface area contributed by atoms with Crippen LogP contribution in [0.4, 0.5) is 16.2 Å². The van der Waals surface area contributed by atoms with Gasteiger partial charge in [0.15, 0.2) is 0 Å². The van der Waals surface area contributed by atoms with Crippen LogP contribution in [0.1, 0.15) is 70.0 Å². The van der Waals surface area contributed by atoms with E-state index >= 15 is 0 Å². The molecule has 2 amide bonds. The molecule has 242 valence electrons. The zero-order chi connectivity index (χ0) is 33.5. The minimum Gasteiger partial charge on any atom is -0.426 e. The minimum atomic E-state index is -1.31. The SMILES string of the molecule is CC(=O)OC(C)OC(=O)N(C)C(C(=O)OC(=O)c1ccc(NC(=O)c2ccccc2C)cc1C)C1CCCNc2ccc(Cl)cc21. The average molecular weight is 650 g/mol. The first-order valence-corrected chi connectivity index (χ1v) is 15.1. The van der Waals surface area contributed by atoms with Gasteiger partial charge >= 0.3 is 24.0 Å². The van der Waals surface area contributed by atoms with Crippen molar-refractivity contribution in [3.63, 3.8) is 0 Å². The highest BCUT2D eigenvalue weighted by Crippen LogP contribution is 2.38. The van der Waals surface area contributed by atoms with Crippen molar-refractivity contribution in [2.75, 3.05) is 24.2 Å². The summed E-state index contributed by atoms with van der Waals surface area (Å²) in [6.07, 6.45) is -1.11. The smallest absolute Gasteiger partial charge is 0.413 e. The molecule has 3 aromatic carbocycles. The van der Waals surface area contributed by atoms with E-state index in [-0.39, 0.29) is 11.5 Å². The van der Waals surface area contributed by atoms with E-state index in [0.29, 0.717) is 46.8 Å². The Hall–Kier alpha value is -4.90. The maximum absolute atomic E-state index is 13.9. The van der Waals surface area contributed by atoms with E-state index in [2.05, 4.69) is 10.6 Å². The van der Waals surface area contributed by atoms with Crippen LogP contribution >= 0.6 is 11.6 Å². The maximum atomic E-state index is 13.9. The first-order valence-electron chi connectivity index (χ1n) is 14.7. The number of benzene rings is 3. The number of ether oxygens (including phenoxy) is 3. The van der Waals surface area contributed by atoms with Crippen LogP contribution < -0.4 is 10.6 Å². The molecule has 0 saturated heterocycles. The molecule has 0 fully saturated rings. The van der Waals surface area contributed by atoms with Gasteiger partial charge in [0.25, 0.3) is 5.91 Å². The van der Waals surface area contributed by atoms with Gasteiger partial charge in [0.1, 0.15) is 6.04 Å². The third-order valence-electron chi connectivity index (χ3n) is 7.63. The van der Waals surface area contributed by atoms with Crippen molar-refractivity contribution < 1.29 is 38.2 Å². The number of esters is 3. The number of likely N-dealkylation sites (N-methyl/N-ethyl adjacent to an activating group) is 1. The van der Waals surface area contributed by atoms with E-state index < -0.39 is 42.3 Å². The Labute approximate surface area is 272 Å². The Bertz CT molecular complexity index is 1660. The summed E-state index contributed by atoms with van der Waals surface area (Å²) in [6.45, 7) is 6.63. The molecule has 0 spiro atoms. The number of carbonyl (C=O) groups is 5. The van der Waals surface area contributed by atoms with E-state index in [4.69, 9.17) is 25.8 Å². The van der Waals surface area contributed by atoms with Crippen molar-refractivity contribution >= 4 is 52.9 Å². The van der Waals surface area contributed by atoms with Crippen LogP contribution in [-0.4, -0.2) is 60.7 Å². The zero-order valence-corrected chi connectivity index (χ0v) is 27.0. The summed E-state index contributed by atoms with van der Waals surface area (Å²) in [6, 6.07) is 15.6. The van der Waals surface area contributed by atoms with Crippen molar-refractivity contribution in [1.29, 1.82) is 0 Å². The van der Waals surface area contributed by atoms with E-state index in [1.54, 1.807) is 43.3 Å². The normalized spacial score (nSPS) is 15.1. The number of nitrogens with one attached hydrogen (secondary N) is 2. The Morgan fingerprint density at radius 2 is 1.70 bits per heavy atom. The van der Waals surface area contributed by atoms with Crippen molar-refractivity contribution in [2.45, 2.75) is 58.8 Å². The molecule has 2 N–H and O–H groups in total. The molecule has 11 nitrogen and oxygen atoms in total. The summed E-state index contributed by atoms with van der Waals surface area (Å²) < 4.78 is 15.6. The Morgan fingerprint density at radius 3 is 2.39 bits per heavy atom. The average Bonchev–Trinajstić information content (AvgIpc) is 3.19. The predicted octanol–water partition coefficient (Wildman–Crippen LogP) is 6.23. The lowest BCUT2D eigenvalue weighted by atomic mass is 9.86. The lowest BCUT2D eigenvalue weighted by molar-refractivity contribution is -0.164. The number of fused-ring (bicyclic) bond motifs is 1. The molecule has 1 heterocycles. The summed E-state index contributed by atoms with van der Waals surface area (Å²) in [5.74, 6) is -3.51. The number of aryl methyl sites for hydroxylation is 2. The van der Waals surface area contributed by atoms with Gasteiger partial charge in [-0.15, -0.1) is 0 Å². The highest BCUT2D eigenvalue weighted by molar-refractivity contribution is 6.30. The van der Waals surface area contributed by atoms with Crippen LogP contribution in [0.2, 0.25) is 5.02 Å². The lowest BCUT2D eigenvalue weighted by Crippen LogP contribution is -2.48. The molecule has 1 aliphatic heterocycles. The summed E-state index contributed by atoms with van der Waals surface area (Å²) in [5.41, 5.74) is 3.73. The highest BCUT2D eigenvalue weighted by atomic mass is 35.5. The predicted molar refractivity (Wildman–Crippen MR) is 172 cm³/mol. The van der Waals surface area contributed by atoms with Crippen LogP contribution in [0.3, 0.4) is 0 Å². The number of halogens is 1. The van der Waals surface area contributed by atoms with Crippen LogP contribution in [-0.2, 0) is 23.8 Å². The van der Waals surface area contributed by atoms with Crippen LogP contribution in [0.15, 0.2) is 60.7 Å². The van der Waals surface area contributed by atoms with Crippen LogP contribution in [0, 0.1) is 13.8 Å². The number of amides is 2. The van der Waals surface area contributed by atoms with Crippen molar-refractivity contribution in [3.8, 4) is 0 Å². The highest BCUT2D eigenvalue weighted by Gasteiger charge is 2.40. The molecule has 0 aliphatic carbocycles. The van der Waals surface area contributed by atoms with Gasteiger partial charge < -0.3 is 24.8 Å². The molecular weight excluding hydrogens is 614 g/mol. The second-order valence-corrected chi connectivity index (χ2v) is 11.5. The summed E-state index contributed by atoms with van der Waals surface area (Å²) in [7, 11) is 1.35. The molecule has 0 aromatic heterocycles. The third-order valence-corrected chi connectivity index (χ3v) is 7.87. The Balaban J connectivity index is 1.59. The molecule has 3 aromatic rings. The van der Waals surface area contributed by atoms with Crippen molar-refractivity contribution in [2.24, 2.45) is 0 Å². The lowest BCUT2D eigenvalue weighted by Gasteiger charge is -2.33. The molecule has 4 rings (SSSR count). The summed E-state index contributed by atoms with van der Waals surface area (Å²) in [5, 5.41) is 6.55. The number of hydrogen-bond donors (Lipinski definition) is 2. The molecule has 3 unspecified atom stereocenters. The molecule has 0 saturated carbocycles. The third kappa shape index (κ3) is 8.22. The Morgan fingerprint density at radius 1 is 0.957 bits per heavy atom. The first kappa shape index (κ1) is 34.0. The van der Waals surface area contributed by atoms with E-state index in [1.807, 2.05) is 19.1 Å². The number of carbonyl (C=O) groups excluding carboxylic acids is 5. The first-order chi connectivity index (χ1) is 21.8. The molecule has 1 aliphatic rings. The quantitative estimate of drug-likeness (QED) is 0.165. The maximum Gasteiger partial charge on any atom is 0.413 e. The van der Waals surface area contributed by atoms with E-state index in [1.165, 1.54) is 33.0 Å². The van der Waals surface area contributed by atoms with Gasteiger partial charge in [0, 0.05) is 55.3 Å². The standard InChI is InChI=1S/C34H36ClN3O8/c1-19-9-6-7-10-25(19)31(40)37-24-13-14-26(20(2)17-24)32(41)46-33(42)30(38(5)34(43)45-22(4)44-21(3)39)27-11-8-16-36-29-15-12-23(35)18-28(27)29/h6-7,9-10,12-15,17-18,22,27,30,36H,8,11,16H2,1-5H3,(H,37,40). The molecule has 46 heavy (non-hydrogen) atoms. The van der Waals surface area contributed by atoms with Crippen LogP contribution in [0.5, 0.6) is 0 Å². The Kier molecular flexibility index (Phi) is 11.0. The van der Waals surface area contributed by atoms with Gasteiger partial charge in [0.2, 0.25) is 6.29 Å². The van der Waals surface area contributed by atoms with Gasteiger partial charge in [-0.1, -0.05) is 29.8 Å². The van der Waals surface area contributed by atoms with E-state index in [9.17, 15) is 24.0 Å². The van der Waals surface area contributed by atoms with Gasteiger partial charge in [-0.25, -0.2) is 14.4 Å².